The van der Waals surface area contributed by atoms with Gasteiger partial charge < -0.3 is 15.4 Å². The lowest BCUT2D eigenvalue weighted by Crippen LogP contribution is -2.28. The molecule has 0 aromatic carbocycles. The van der Waals surface area contributed by atoms with E-state index in [-0.39, 0.29) is 5.84 Å². The molecule has 0 amide bonds. The van der Waals surface area contributed by atoms with Crippen LogP contribution >= 0.6 is 0 Å². The highest BCUT2D eigenvalue weighted by atomic mass is 16.5. The zero-order valence-corrected chi connectivity index (χ0v) is 10.4. The van der Waals surface area contributed by atoms with E-state index in [1.54, 1.807) is 18.3 Å². The number of nitrogens with one attached hydrogen (secondary N) is 1. The van der Waals surface area contributed by atoms with Crippen LogP contribution in [0.4, 0.5) is 0 Å². The molecule has 5 heteroatoms. The molecular formula is C12H20N4O. The minimum atomic E-state index is 0.0205. The molecule has 0 saturated carbocycles. The fourth-order valence-electron chi connectivity index (χ4n) is 1.44. The van der Waals surface area contributed by atoms with Gasteiger partial charge in [-0.3, -0.25) is 5.41 Å². The number of rotatable bonds is 7. The van der Waals surface area contributed by atoms with Crippen molar-refractivity contribution in [2.45, 2.75) is 13.8 Å². The van der Waals surface area contributed by atoms with Crippen molar-refractivity contribution in [2.24, 2.45) is 5.73 Å². The Morgan fingerprint density at radius 1 is 1.41 bits per heavy atom. The number of ether oxygens (including phenoxy) is 1. The maximum absolute atomic E-state index is 7.24. The molecule has 0 saturated heterocycles. The molecule has 0 bridgehead atoms. The number of hydrogen-bond acceptors (Lipinski definition) is 4. The fourth-order valence-corrected chi connectivity index (χ4v) is 1.44. The topological polar surface area (TPSA) is 75.2 Å². The number of pyridine rings is 1. The van der Waals surface area contributed by atoms with Gasteiger partial charge in [0.25, 0.3) is 0 Å². The molecule has 0 unspecified atom stereocenters. The summed E-state index contributed by atoms with van der Waals surface area (Å²) >= 11 is 0. The van der Waals surface area contributed by atoms with E-state index >= 15 is 0 Å². The predicted molar refractivity (Wildman–Crippen MR) is 68.5 cm³/mol. The smallest absolute Gasteiger partial charge is 0.213 e. The third kappa shape index (κ3) is 4.40. The Bertz CT molecular complexity index is 346. The minimum Gasteiger partial charge on any atom is -0.476 e. The molecule has 0 aliphatic carbocycles. The SMILES string of the molecule is CCN(CC)CCOc1ccc(C(=N)N)cn1. The maximum Gasteiger partial charge on any atom is 0.213 e. The van der Waals surface area contributed by atoms with Crippen molar-refractivity contribution in [3.8, 4) is 5.88 Å². The second-order valence-corrected chi connectivity index (χ2v) is 3.67. The Morgan fingerprint density at radius 2 is 2.12 bits per heavy atom. The fraction of sp³-hybridized carbons (Fsp3) is 0.500. The lowest BCUT2D eigenvalue weighted by atomic mass is 10.3. The van der Waals surface area contributed by atoms with Gasteiger partial charge in [-0.15, -0.1) is 0 Å². The number of hydrogen-bond donors (Lipinski definition) is 2. The van der Waals surface area contributed by atoms with Gasteiger partial charge in [-0.05, 0) is 19.2 Å². The minimum absolute atomic E-state index is 0.0205. The highest BCUT2D eigenvalue weighted by molar-refractivity contribution is 5.94. The molecule has 1 aromatic rings. The van der Waals surface area contributed by atoms with Gasteiger partial charge in [0.05, 0.1) is 0 Å². The van der Waals surface area contributed by atoms with Crippen molar-refractivity contribution in [1.82, 2.24) is 9.88 Å². The third-order valence-corrected chi connectivity index (χ3v) is 2.60. The van der Waals surface area contributed by atoms with E-state index in [0.29, 0.717) is 18.1 Å². The summed E-state index contributed by atoms with van der Waals surface area (Å²) in [6, 6.07) is 3.47. The van der Waals surface area contributed by atoms with Gasteiger partial charge in [0.15, 0.2) is 0 Å². The van der Waals surface area contributed by atoms with Crippen molar-refractivity contribution in [3.05, 3.63) is 23.9 Å². The number of nitrogens with zero attached hydrogens (tertiary/aromatic N) is 2. The lowest BCUT2D eigenvalue weighted by Gasteiger charge is -2.17. The molecular weight excluding hydrogens is 216 g/mol. The molecule has 3 N–H and O–H groups in total. The molecule has 0 fully saturated rings. The Morgan fingerprint density at radius 3 is 2.59 bits per heavy atom. The van der Waals surface area contributed by atoms with Crippen LogP contribution in [-0.4, -0.2) is 42.0 Å². The van der Waals surface area contributed by atoms with Crippen LogP contribution in [0.1, 0.15) is 19.4 Å². The van der Waals surface area contributed by atoms with E-state index < -0.39 is 0 Å². The monoisotopic (exact) mass is 236 g/mol. The second-order valence-electron chi connectivity index (χ2n) is 3.67. The van der Waals surface area contributed by atoms with Gasteiger partial charge in [-0.2, -0.15) is 0 Å². The Balaban J connectivity index is 2.39. The normalized spacial score (nSPS) is 10.5. The molecule has 1 heterocycles. The van der Waals surface area contributed by atoms with Gasteiger partial charge in [0.1, 0.15) is 12.4 Å². The molecule has 1 rings (SSSR count). The van der Waals surface area contributed by atoms with Crippen LogP contribution in [0, 0.1) is 5.41 Å². The largest absolute Gasteiger partial charge is 0.476 e. The summed E-state index contributed by atoms with van der Waals surface area (Å²) in [7, 11) is 0. The van der Waals surface area contributed by atoms with E-state index in [2.05, 4.69) is 23.7 Å². The van der Waals surface area contributed by atoms with Gasteiger partial charge in [0, 0.05) is 24.4 Å². The number of nitrogens with two attached hydrogens (primary N) is 1. The van der Waals surface area contributed by atoms with Crippen LogP contribution in [0.2, 0.25) is 0 Å². The van der Waals surface area contributed by atoms with Crippen LogP contribution in [0.15, 0.2) is 18.3 Å². The maximum atomic E-state index is 7.24. The van der Waals surface area contributed by atoms with E-state index in [1.165, 1.54) is 0 Å². The number of likely N-dealkylation sites (N-methyl/N-ethyl adjacent to an activating group) is 1. The highest BCUT2D eigenvalue weighted by Crippen LogP contribution is 2.06. The van der Waals surface area contributed by atoms with Crippen LogP contribution in [0.5, 0.6) is 5.88 Å². The van der Waals surface area contributed by atoms with E-state index in [9.17, 15) is 0 Å². The molecule has 1 aromatic heterocycles. The molecule has 17 heavy (non-hydrogen) atoms. The molecule has 94 valence electrons. The van der Waals surface area contributed by atoms with Crippen LogP contribution < -0.4 is 10.5 Å². The number of amidine groups is 1. The first-order chi connectivity index (χ1) is 8.17. The van der Waals surface area contributed by atoms with E-state index in [1.807, 2.05) is 0 Å². The van der Waals surface area contributed by atoms with E-state index in [0.717, 1.165) is 19.6 Å². The zero-order chi connectivity index (χ0) is 12.7. The Hall–Kier alpha value is -1.62. The predicted octanol–water partition coefficient (Wildman–Crippen LogP) is 1.09. The first-order valence-corrected chi connectivity index (χ1v) is 5.83. The summed E-state index contributed by atoms with van der Waals surface area (Å²) in [6.45, 7) is 7.82. The van der Waals surface area contributed by atoms with Gasteiger partial charge in [-0.25, -0.2) is 4.98 Å². The van der Waals surface area contributed by atoms with Gasteiger partial charge in [0.2, 0.25) is 5.88 Å². The summed E-state index contributed by atoms with van der Waals surface area (Å²) in [5.41, 5.74) is 5.95. The van der Waals surface area contributed by atoms with Crippen LogP contribution in [0.25, 0.3) is 0 Å². The Labute approximate surface area is 102 Å². The van der Waals surface area contributed by atoms with Crippen molar-refractivity contribution in [2.75, 3.05) is 26.2 Å². The van der Waals surface area contributed by atoms with Crippen molar-refractivity contribution in [1.29, 1.82) is 5.41 Å². The second kappa shape index (κ2) is 6.85. The highest BCUT2D eigenvalue weighted by Gasteiger charge is 2.01. The molecule has 0 spiro atoms. The van der Waals surface area contributed by atoms with Gasteiger partial charge in [-0.1, -0.05) is 13.8 Å². The molecule has 5 nitrogen and oxygen atoms in total. The molecule has 0 radical (unpaired) electrons. The van der Waals surface area contributed by atoms with Gasteiger partial charge >= 0.3 is 0 Å². The summed E-state index contributed by atoms with van der Waals surface area (Å²) in [6.07, 6.45) is 1.55. The van der Waals surface area contributed by atoms with Crippen molar-refractivity contribution >= 4 is 5.84 Å². The Kier molecular flexibility index (Phi) is 5.42. The van der Waals surface area contributed by atoms with Crippen LogP contribution in [0.3, 0.4) is 0 Å². The lowest BCUT2D eigenvalue weighted by molar-refractivity contribution is 0.218. The number of aromatic nitrogens is 1. The van der Waals surface area contributed by atoms with Crippen molar-refractivity contribution in [3.63, 3.8) is 0 Å². The third-order valence-electron chi connectivity index (χ3n) is 2.60. The quantitative estimate of drug-likeness (QED) is 0.549. The average molecular weight is 236 g/mol. The first-order valence-electron chi connectivity index (χ1n) is 5.83. The zero-order valence-electron chi connectivity index (χ0n) is 10.4. The van der Waals surface area contributed by atoms with Crippen LogP contribution in [-0.2, 0) is 0 Å². The molecule has 0 atom stereocenters. The standard InChI is InChI=1S/C12H20N4O/c1-3-16(4-2)7-8-17-11-6-5-10(9-15-11)12(13)14/h5-6,9H,3-4,7-8H2,1-2H3,(H3,13,14). The van der Waals surface area contributed by atoms with E-state index in [4.69, 9.17) is 15.9 Å². The average Bonchev–Trinajstić information content (AvgIpc) is 2.35. The van der Waals surface area contributed by atoms with Crippen molar-refractivity contribution < 1.29 is 4.74 Å². The summed E-state index contributed by atoms with van der Waals surface area (Å²) in [5, 5.41) is 7.24. The summed E-state index contributed by atoms with van der Waals surface area (Å²) in [5.74, 6) is 0.592. The molecule has 0 aliphatic heterocycles. The summed E-state index contributed by atoms with van der Waals surface area (Å²) in [4.78, 5) is 6.37. The number of nitrogen functional groups attached to an aromatic ring is 1. The summed E-state index contributed by atoms with van der Waals surface area (Å²) < 4.78 is 5.51. The molecule has 0 aliphatic rings. The first kappa shape index (κ1) is 13.4.